The first-order chi connectivity index (χ1) is 10.5. The van der Waals surface area contributed by atoms with Gasteiger partial charge in [0.2, 0.25) is 5.91 Å². The number of hydrogen-bond donors (Lipinski definition) is 3. The van der Waals surface area contributed by atoms with Crippen molar-refractivity contribution in [2.45, 2.75) is 51.5 Å². The number of carbonyl (C=O) groups is 2. The van der Waals surface area contributed by atoms with Crippen molar-refractivity contribution in [3.8, 4) is 0 Å². The number of ether oxygens (including phenoxy) is 2. The fourth-order valence-corrected chi connectivity index (χ4v) is 2.54. The summed E-state index contributed by atoms with van der Waals surface area (Å²) < 4.78 is 10.9. The number of piperidine rings is 1. The van der Waals surface area contributed by atoms with Crippen molar-refractivity contribution in [3.05, 3.63) is 0 Å². The highest BCUT2D eigenvalue weighted by Gasteiger charge is 2.28. The number of carboxylic acid groups (broad SMARTS) is 1. The van der Waals surface area contributed by atoms with Crippen LogP contribution < -0.4 is 11.1 Å². The standard InChI is InChI=1S/C14H27N3O5/c1-3-21-12(22-4-2)9-11(13(15)18)16-10-5-7-17(8-6-10)14(19)20/h10-12,16H,3-9H2,1-2H3,(H2,15,18)(H,19,20). The van der Waals surface area contributed by atoms with Gasteiger partial charge in [-0.05, 0) is 26.7 Å². The number of rotatable bonds is 9. The molecule has 1 unspecified atom stereocenters. The molecule has 0 spiro atoms. The number of amides is 2. The van der Waals surface area contributed by atoms with Crippen molar-refractivity contribution in [2.75, 3.05) is 26.3 Å². The fraction of sp³-hybridized carbons (Fsp3) is 0.857. The van der Waals surface area contributed by atoms with Crippen molar-refractivity contribution in [1.29, 1.82) is 0 Å². The largest absolute Gasteiger partial charge is 0.465 e. The fourth-order valence-electron chi connectivity index (χ4n) is 2.54. The Morgan fingerprint density at radius 1 is 1.27 bits per heavy atom. The molecule has 4 N–H and O–H groups in total. The zero-order valence-electron chi connectivity index (χ0n) is 13.3. The second-order valence-electron chi connectivity index (χ2n) is 5.24. The molecule has 2 amide bonds. The van der Waals surface area contributed by atoms with Crippen LogP contribution in [0.25, 0.3) is 0 Å². The molecule has 128 valence electrons. The van der Waals surface area contributed by atoms with Crippen LogP contribution in [-0.4, -0.2) is 66.7 Å². The molecule has 0 bridgehead atoms. The van der Waals surface area contributed by atoms with Crippen LogP contribution >= 0.6 is 0 Å². The lowest BCUT2D eigenvalue weighted by atomic mass is 10.0. The Kier molecular flexibility index (Phi) is 8.15. The lowest BCUT2D eigenvalue weighted by molar-refractivity contribution is -0.148. The molecule has 1 heterocycles. The third-order valence-corrected chi connectivity index (χ3v) is 3.68. The maximum Gasteiger partial charge on any atom is 0.407 e. The number of carbonyl (C=O) groups excluding carboxylic acids is 1. The zero-order valence-corrected chi connectivity index (χ0v) is 13.3. The molecule has 8 heteroatoms. The summed E-state index contributed by atoms with van der Waals surface area (Å²) in [4.78, 5) is 23.9. The van der Waals surface area contributed by atoms with Gasteiger partial charge in [-0.25, -0.2) is 4.79 Å². The second kappa shape index (κ2) is 9.60. The van der Waals surface area contributed by atoms with Crippen LogP contribution in [-0.2, 0) is 14.3 Å². The maximum atomic E-state index is 11.6. The molecule has 1 atom stereocenters. The molecule has 0 aliphatic carbocycles. The quantitative estimate of drug-likeness (QED) is 0.529. The van der Waals surface area contributed by atoms with Gasteiger partial charge >= 0.3 is 6.09 Å². The summed E-state index contributed by atoms with van der Waals surface area (Å²) in [6, 6.07) is -0.485. The van der Waals surface area contributed by atoms with Gasteiger partial charge in [0.1, 0.15) is 0 Å². The normalized spacial score (nSPS) is 17.7. The number of likely N-dealkylation sites (tertiary alicyclic amines) is 1. The van der Waals surface area contributed by atoms with Crippen LogP contribution in [0, 0.1) is 0 Å². The van der Waals surface area contributed by atoms with Gasteiger partial charge in [-0.1, -0.05) is 0 Å². The van der Waals surface area contributed by atoms with Gasteiger partial charge in [0, 0.05) is 38.8 Å². The van der Waals surface area contributed by atoms with Gasteiger partial charge in [-0.2, -0.15) is 0 Å². The lowest BCUT2D eigenvalue weighted by Crippen LogP contribution is -2.52. The molecule has 1 saturated heterocycles. The van der Waals surface area contributed by atoms with E-state index in [9.17, 15) is 9.59 Å². The minimum atomic E-state index is -0.905. The number of nitrogens with two attached hydrogens (primary N) is 1. The topological polar surface area (TPSA) is 114 Å². The zero-order chi connectivity index (χ0) is 16.5. The van der Waals surface area contributed by atoms with E-state index in [4.69, 9.17) is 20.3 Å². The van der Waals surface area contributed by atoms with E-state index in [1.54, 1.807) is 0 Å². The lowest BCUT2D eigenvalue weighted by Gasteiger charge is -2.33. The number of primary amides is 1. The van der Waals surface area contributed by atoms with E-state index in [0.717, 1.165) is 0 Å². The summed E-state index contributed by atoms with van der Waals surface area (Å²) in [6.45, 7) is 5.62. The van der Waals surface area contributed by atoms with Crippen molar-refractivity contribution in [2.24, 2.45) is 5.73 Å². The third-order valence-electron chi connectivity index (χ3n) is 3.68. The monoisotopic (exact) mass is 317 g/mol. The number of nitrogens with zero attached hydrogens (tertiary/aromatic N) is 1. The minimum Gasteiger partial charge on any atom is -0.465 e. The van der Waals surface area contributed by atoms with Gasteiger partial charge in [-0.3, -0.25) is 4.79 Å². The van der Waals surface area contributed by atoms with E-state index in [1.807, 2.05) is 13.8 Å². The summed E-state index contributed by atoms with van der Waals surface area (Å²) in [5.74, 6) is -0.454. The first-order valence-corrected chi connectivity index (χ1v) is 7.74. The van der Waals surface area contributed by atoms with E-state index in [0.29, 0.717) is 45.6 Å². The number of hydrogen-bond acceptors (Lipinski definition) is 5. The summed E-state index contributed by atoms with van der Waals surface area (Å²) >= 11 is 0. The van der Waals surface area contributed by atoms with E-state index >= 15 is 0 Å². The SMILES string of the molecule is CCOC(CC(NC1CCN(C(=O)O)CC1)C(N)=O)OCC. The Labute approximate surface area is 130 Å². The van der Waals surface area contributed by atoms with E-state index in [2.05, 4.69) is 5.32 Å². The molecule has 1 fully saturated rings. The molecule has 0 aromatic carbocycles. The van der Waals surface area contributed by atoms with Gasteiger partial charge in [0.05, 0.1) is 6.04 Å². The van der Waals surface area contributed by atoms with Crippen molar-refractivity contribution in [3.63, 3.8) is 0 Å². The molecule has 22 heavy (non-hydrogen) atoms. The molecule has 0 aromatic rings. The molecule has 1 rings (SSSR count). The predicted octanol–water partition coefficient (Wildman–Crippen LogP) is 0.362. The van der Waals surface area contributed by atoms with Gasteiger partial charge < -0.3 is 30.5 Å². The Balaban J connectivity index is 2.50. The molecule has 1 aliphatic heterocycles. The van der Waals surface area contributed by atoms with Crippen LogP contribution in [0.3, 0.4) is 0 Å². The summed E-state index contributed by atoms with van der Waals surface area (Å²) in [5, 5.41) is 12.1. The molecule has 8 nitrogen and oxygen atoms in total. The van der Waals surface area contributed by atoms with Crippen molar-refractivity contribution < 1.29 is 24.2 Å². The van der Waals surface area contributed by atoms with Crippen molar-refractivity contribution in [1.82, 2.24) is 10.2 Å². The molecular formula is C14H27N3O5. The molecule has 0 radical (unpaired) electrons. The average molecular weight is 317 g/mol. The van der Waals surface area contributed by atoms with E-state index < -0.39 is 24.3 Å². The first kappa shape index (κ1) is 18.7. The van der Waals surface area contributed by atoms with Crippen LogP contribution in [0.4, 0.5) is 4.79 Å². The molecular weight excluding hydrogens is 290 g/mol. The van der Waals surface area contributed by atoms with Gasteiger partial charge in [0.25, 0.3) is 0 Å². The van der Waals surface area contributed by atoms with Crippen LogP contribution in [0.2, 0.25) is 0 Å². The Bertz CT molecular complexity index is 352. The highest BCUT2D eigenvalue weighted by Crippen LogP contribution is 2.13. The Morgan fingerprint density at radius 2 is 1.82 bits per heavy atom. The summed E-state index contributed by atoms with van der Waals surface area (Å²) in [6.07, 6.45) is 0.279. The third kappa shape index (κ3) is 6.17. The first-order valence-electron chi connectivity index (χ1n) is 7.74. The smallest absolute Gasteiger partial charge is 0.407 e. The molecule has 0 aromatic heterocycles. The highest BCUT2D eigenvalue weighted by molar-refractivity contribution is 5.79. The predicted molar refractivity (Wildman–Crippen MR) is 80.4 cm³/mol. The highest BCUT2D eigenvalue weighted by atomic mass is 16.7. The molecule has 1 aliphatic rings. The number of nitrogens with one attached hydrogen (secondary N) is 1. The summed E-state index contributed by atoms with van der Waals surface area (Å²) in [5.41, 5.74) is 5.45. The van der Waals surface area contributed by atoms with Crippen molar-refractivity contribution >= 4 is 12.0 Å². The van der Waals surface area contributed by atoms with Gasteiger partial charge in [0.15, 0.2) is 6.29 Å². The van der Waals surface area contributed by atoms with Crippen LogP contribution in [0.5, 0.6) is 0 Å². The average Bonchev–Trinajstić information content (AvgIpc) is 2.47. The maximum absolute atomic E-state index is 11.6. The van der Waals surface area contributed by atoms with E-state index in [-0.39, 0.29) is 6.04 Å². The van der Waals surface area contributed by atoms with Gasteiger partial charge in [-0.15, -0.1) is 0 Å². The van der Waals surface area contributed by atoms with Crippen LogP contribution in [0.15, 0.2) is 0 Å². The van der Waals surface area contributed by atoms with E-state index in [1.165, 1.54) is 4.90 Å². The summed E-state index contributed by atoms with van der Waals surface area (Å²) in [7, 11) is 0. The molecule has 0 saturated carbocycles. The Hall–Kier alpha value is -1.38. The Morgan fingerprint density at radius 3 is 2.23 bits per heavy atom. The van der Waals surface area contributed by atoms with Crippen LogP contribution in [0.1, 0.15) is 33.1 Å². The minimum absolute atomic E-state index is 0.0667. The second-order valence-corrected chi connectivity index (χ2v) is 5.24.